The van der Waals surface area contributed by atoms with Gasteiger partial charge >= 0.3 is 12.0 Å². The first-order chi connectivity index (χ1) is 9.79. The van der Waals surface area contributed by atoms with Crippen molar-refractivity contribution in [2.45, 2.75) is 32.9 Å². The maximum Gasteiger partial charge on any atom is 0.326 e. The van der Waals surface area contributed by atoms with E-state index in [1.54, 1.807) is 6.07 Å². The smallest absolute Gasteiger partial charge is 0.326 e. The van der Waals surface area contributed by atoms with Gasteiger partial charge in [-0.3, -0.25) is 0 Å². The van der Waals surface area contributed by atoms with E-state index in [0.29, 0.717) is 16.5 Å². The summed E-state index contributed by atoms with van der Waals surface area (Å²) >= 11 is 3.20. The van der Waals surface area contributed by atoms with Crippen molar-refractivity contribution in [2.24, 2.45) is 5.92 Å². The van der Waals surface area contributed by atoms with Gasteiger partial charge in [-0.25, -0.2) is 14.0 Å². The summed E-state index contributed by atoms with van der Waals surface area (Å²) in [5.41, 5.74) is 0.697. The van der Waals surface area contributed by atoms with Crippen molar-refractivity contribution in [3.63, 3.8) is 0 Å². The van der Waals surface area contributed by atoms with Crippen LogP contribution < -0.4 is 10.6 Å². The van der Waals surface area contributed by atoms with Gasteiger partial charge in [-0.15, -0.1) is 0 Å². The van der Waals surface area contributed by atoms with Crippen molar-refractivity contribution in [1.29, 1.82) is 0 Å². The van der Waals surface area contributed by atoms with Crippen molar-refractivity contribution >= 4 is 27.9 Å². The number of aliphatic carboxylic acids is 1. The minimum Gasteiger partial charge on any atom is -0.480 e. The summed E-state index contributed by atoms with van der Waals surface area (Å²) in [7, 11) is 0. The zero-order valence-electron chi connectivity index (χ0n) is 11.8. The second-order valence-electron chi connectivity index (χ2n) is 5.08. The number of hydrogen-bond donors (Lipinski definition) is 3. The van der Waals surface area contributed by atoms with Crippen LogP contribution >= 0.6 is 15.9 Å². The number of rotatable bonds is 6. The Hall–Kier alpha value is -1.63. The molecule has 0 bridgehead atoms. The Kier molecular flexibility index (Phi) is 6.61. The summed E-state index contributed by atoms with van der Waals surface area (Å²) < 4.78 is 13.5. The Balaban J connectivity index is 2.54. The number of carbonyl (C=O) groups excluding carboxylic acids is 1. The molecule has 0 spiro atoms. The molecule has 0 fully saturated rings. The van der Waals surface area contributed by atoms with Crippen LogP contribution in [0.1, 0.15) is 25.8 Å². The molecule has 0 aliphatic carbocycles. The van der Waals surface area contributed by atoms with Gasteiger partial charge in [0.1, 0.15) is 11.9 Å². The maximum atomic E-state index is 12.9. The number of hydrogen-bond acceptors (Lipinski definition) is 2. The first kappa shape index (κ1) is 17.4. The lowest BCUT2D eigenvalue weighted by atomic mass is 10.0. The molecule has 1 aromatic carbocycles. The Bertz CT molecular complexity index is 523. The summed E-state index contributed by atoms with van der Waals surface area (Å²) in [6.07, 6.45) is 0.350. The van der Waals surface area contributed by atoms with E-state index in [9.17, 15) is 14.0 Å². The van der Waals surface area contributed by atoms with E-state index in [-0.39, 0.29) is 18.3 Å². The van der Waals surface area contributed by atoms with Crippen molar-refractivity contribution in [3.05, 3.63) is 34.1 Å². The van der Waals surface area contributed by atoms with Crippen LogP contribution in [0.25, 0.3) is 0 Å². The predicted molar refractivity (Wildman–Crippen MR) is 80.4 cm³/mol. The number of amides is 2. The molecule has 0 aliphatic heterocycles. The number of halogens is 2. The van der Waals surface area contributed by atoms with Crippen LogP contribution in [-0.2, 0) is 11.3 Å². The van der Waals surface area contributed by atoms with Gasteiger partial charge in [0.25, 0.3) is 0 Å². The van der Waals surface area contributed by atoms with Crippen LogP contribution in [0, 0.1) is 11.7 Å². The maximum absolute atomic E-state index is 12.9. The number of carbonyl (C=O) groups is 2. The lowest BCUT2D eigenvalue weighted by molar-refractivity contribution is -0.139. The van der Waals surface area contributed by atoms with E-state index in [2.05, 4.69) is 26.6 Å². The summed E-state index contributed by atoms with van der Waals surface area (Å²) in [6.45, 7) is 3.93. The van der Waals surface area contributed by atoms with E-state index < -0.39 is 18.0 Å². The van der Waals surface area contributed by atoms with E-state index in [1.165, 1.54) is 12.1 Å². The number of benzene rings is 1. The molecule has 116 valence electrons. The van der Waals surface area contributed by atoms with Gasteiger partial charge in [0.2, 0.25) is 0 Å². The number of urea groups is 1. The highest BCUT2D eigenvalue weighted by atomic mass is 79.9. The zero-order valence-corrected chi connectivity index (χ0v) is 13.4. The highest BCUT2D eigenvalue weighted by molar-refractivity contribution is 9.10. The molecule has 1 atom stereocenters. The normalized spacial score (nSPS) is 12.0. The van der Waals surface area contributed by atoms with Crippen LogP contribution in [0.5, 0.6) is 0 Å². The lowest BCUT2D eigenvalue weighted by Gasteiger charge is -2.17. The molecule has 21 heavy (non-hydrogen) atoms. The van der Waals surface area contributed by atoms with Crippen molar-refractivity contribution in [3.8, 4) is 0 Å². The molecule has 7 heteroatoms. The molecule has 3 N–H and O–H groups in total. The average Bonchev–Trinajstić information content (AvgIpc) is 2.36. The molecule has 0 heterocycles. The molecular weight excluding hydrogens is 343 g/mol. The average molecular weight is 361 g/mol. The molecule has 2 amide bonds. The minimum atomic E-state index is -1.07. The van der Waals surface area contributed by atoms with Gasteiger partial charge in [-0.1, -0.05) is 35.8 Å². The van der Waals surface area contributed by atoms with Crippen LogP contribution in [0.15, 0.2) is 22.7 Å². The van der Waals surface area contributed by atoms with E-state index in [0.717, 1.165) is 0 Å². The van der Waals surface area contributed by atoms with Gasteiger partial charge in [0, 0.05) is 11.0 Å². The molecule has 0 aromatic heterocycles. The summed E-state index contributed by atoms with van der Waals surface area (Å²) in [6, 6.07) is 2.63. The van der Waals surface area contributed by atoms with Crippen molar-refractivity contribution < 1.29 is 19.1 Å². The molecule has 0 radical (unpaired) electrons. The fourth-order valence-corrected chi connectivity index (χ4v) is 2.23. The number of nitrogens with one attached hydrogen (secondary N) is 2. The molecule has 1 aromatic rings. The molecule has 5 nitrogen and oxygen atoms in total. The van der Waals surface area contributed by atoms with Crippen LogP contribution in [0.4, 0.5) is 9.18 Å². The Labute approximate surface area is 131 Å². The van der Waals surface area contributed by atoms with Crippen LogP contribution in [-0.4, -0.2) is 23.1 Å². The summed E-state index contributed by atoms with van der Waals surface area (Å²) in [5, 5.41) is 14.0. The van der Waals surface area contributed by atoms with Crippen molar-refractivity contribution in [1.82, 2.24) is 10.6 Å². The third kappa shape index (κ3) is 6.12. The quantitative estimate of drug-likeness (QED) is 0.729. The van der Waals surface area contributed by atoms with Gasteiger partial charge in [0.05, 0.1) is 0 Å². The van der Waals surface area contributed by atoms with E-state index >= 15 is 0 Å². The third-order valence-corrected chi connectivity index (χ3v) is 3.50. The van der Waals surface area contributed by atoms with Crippen LogP contribution in [0.3, 0.4) is 0 Å². The van der Waals surface area contributed by atoms with Crippen molar-refractivity contribution in [2.75, 3.05) is 0 Å². The SMILES string of the molecule is CC(C)CC(NC(=O)NCc1ccc(F)cc1Br)C(=O)O. The molecule has 0 saturated carbocycles. The minimum absolute atomic E-state index is 0.151. The van der Waals surface area contributed by atoms with Gasteiger partial charge in [0.15, 0.2) is 0 Å². The Morgan fingerprint density at radius 2 is 2.05 bits per heavy atom. The monoisotopic (exact) mass is 360 g/mol. The summed E-state index contributed by atoms with van der Waals surface area (Å²) in [5.74, 6) is -1.29. The predicted octanol–water partition coefficient (Wildman–Crippen LogP) is 2.89. The second kappa shape index (κ2) is 7.97. The van der Waals surface area contributed by atoms with E-state index in [1.807, 2.05) is 13.8 Å². The molecule has 1 unspecified atom stereocenters. The second-order valence-corrected chi connectivity index (χ2v) is 5.94. The molecule has 0 aliphatic rings. The number of carboxylic acids is 1. The highest BCUT2D eigenvalue weighted by Gasteiger charge is 2.20. The third-order valence-electron chi connectivity index (χ3n) is 2.77. The summed E-state index contributed by atoms with van der Waals surface area (Å²) in [4.78, 5) is 22.8. The first-order valence-corrected chi connectivity index (χ1v) is 7.30. The van der Waals surface area contributed by atoms with E-state index in [4.69, 9.17) is 5.11 Å². The fourth-order valence-electron chi connectivity index (χ4n) is 1.74. The zero-order chi connectivity index (χ0) is 16.0. The highest BCUT2D eigenvalue weighted by Crippen LogP contribution is 2.17. The van der Waals surface area contributed by atoms with Crippen LogP contribution in [0.2, 0.25) is 0 Å². The molecular formula is C14H18BrFN2O3. The first-order valence-electron chi connectivity index (χ1n) is 6.50. The molecule has 1 rings (SSSR count). The lowest BCUT2D eigenvalue weighted by Crippen LogP contribution is -2.46. The Morgan fingerprint density at radius 3 is 2.57 bits per heavy atom. The fraction of sp³-hybridized carbons (Fsp3) is 0.429. The van der Waals surface area contributed by atoms with Gasteiger partial charge in [-0.2, -0.15) is 0 Å². The topological polar surface area (TPSA) is 78.4 Å². The van der Waals surface area contributed by atoms with Gasteiger partial charge in [-0.05, 0) is 30.0 Å². The largest absolute Gasteiger partial charge is 0.480 e. The standard InChI is InChI=1S/C14H18BrFN2O3/c1-8(2)5-12(13(19)20)18-14(21)17-7-9-3-4-10(16)6-11(9)15/h3-4,6,8,12H,5,7H2,1-2H3,(H,19,20)(H2,17,18,21). The number of carboxylic acid groups (broad SMARTS) is 1. The molecule has 0 saturated heterocycles. The van der Waals surface area contributed by atoms with Gasteiger partial charge < -0.3 is 15.7 Å². The Morgan fingerprint density at radius 1 is 1.38 bits per heavy atom.